The number of ether oxygens (including phenoxy) is 2. The number of carbonyl (C=O) groups is 2. The molecular formula is C46H92N2O6. The minimum absolute atomic E-state index is 0.0112. The first kappa shape index (κ1) is 52.8. The summed E-state index contributed by atoms with van der Waals surface area (Å²) in [4.78, 5) is 30.6. The second-order valence-electron chi connectivity index (χ2n) is 16.1. The Kier molecular flexibility index (Phi) is 40.5. The summed E-state index contributed by atoms with van der Waals surface area (Å²) in [6, 6.07) is 0. The highest BCUT2D eigenvalue weighted by Gasteiger charge is 2.21. The summed E-state index contributed by atoms with van der Waals surface area (Å²) in [6.45, 7) is 14.7. The summed E-state index contributed by atoms with van der Waals surface area (Å²) in [6.07, 6.45) is 31.7. The van der Waals surface area contributed by atoms with Gasteiger partial charge in [-0.05, 0) is 64.5 Å². The standard InChI is InChI=1S/C46H92N2O6/c1-5-9-13-17-19-23-31-43(29-21-15-11-7-3)45(51)53-41-27-35-47(37-39-49)33-25-26-34-48(38-40-50)36-28-42-54-46(52)44(30-22-16-12-8-4)32-24-20-18-14-10-6-2/h43-44,49-50H,5-42H2,1-4H3. The molecule has 2 atom stereocenters. The number of aliphatic hydroxyl groups is 2. The van der Waals surface area contributed by atoms with Gasteiger partial charge in [0.2, 0.25) is 0 Å². The fraction of sp³-hybridized carbons (Fsp3) is 0.957. The van der Waals surface area contributed by atoms with Gasteiger partial charge in [0.05, 0.1) is 38.3 Å². The number of aliphatic hydroxyl groups excluding tert-OH is 2. The van der Waals surface area contributed by atoms with E-state index in [1.54, 1.807) is 0 Å². The highest BCUT2D eigenvalue weighted by molar-refractivity contribution is 5.72. The van der Waals surface area contributed by atoms with Gasteiger partial charge in [0.15, 0.2) is 0 Å². The summed E-state index contributed by atoms with van der Waals surface area (Å²) < 4.78 is 11.6. The lowest BCUT2D eigenvalue weighted by molar-refractivity contribution is -0.150. The Balaban J connectivity index is 4.56. The number of esters is 2. The molecule has 0 spiro atoms. The Labute approximate surface area is 335 Å². The van der Waals surface area contributed by atoms with Gasteiger partial charge >= 0.3 is 11.9 Å². The highest BCUT2D eigenvalue weighted by atomic mass is 16.5. The number of hydrogen-bond acceptors (Lipinski definition) is 8. The first-order valence-electron chi connectivity index (χ1n) is 23.5. The molecule has 0 saturated carbocycles. The molecule has 8 nitrogen and oxygen atoms in total. The highest BCUT2D eigenvalue weighted by Crippen LogP contribution is 2.22. The summed E-state index contributed by atoms with van der Waals surface area (Å²) in [7, 11) is 0. The van der Waals surface area contributed by atoms with Crippen molar-refractivity contribution in [2.24, 2.45) is 11.8 Å². The van der Waals surface area contributed by atoms with Crippen molar-refractivity contribution < 1.29 is 29.3 Å². The zero-order valence-corrected chi connectivity index (χ0v) is 36.4. The van der Waals surface area contributed by atoms with Crippen molar-refractivity contribution in [3.05, 3.63) is 0 Å². The molecule has 0 heterocycles. The molecule has 322 valence electrons. The molecule has 2 unspecified atom stereocenters. The Hall–Kier alpha value is -1.22. The van der Waals surface area contributed by atoms with E-state index in [-0.39, 0.29) is 37.0 Å². The van der Waals surface area contributed by atoms with Crippen molar-refractivity contribution in [2.45, 2.75) is 207 Å². The molecular weight excluding hydrogens is 677 g/mol. The van der Waals surface area contributed by atoms with Crippen LogP contribution in [0.5, 0.6) is 0 Å². The Morgan fingerprint density at radius 2 is 0.667 bits per heavy atom. The second kappa shape index (κ2) is 41.4. The number of unbranched alkanes of at least 4 members (excludes halogenated alkanes) is 17. The van der Waals surface area contributed by atoms with E-state index in [1.165, 1.54) is 103 Å². The molecule has 0 rings (SSSR count). The molecule has 0 aromatic heterocycles. The lowest BCUT2D eigenvalue weighted by Gasteiger charge is -2.24. The van der Waals surface area contributed by atoms with Gasteiger partial charge in [-0.2, -0.15) is 0 Å². The number of hydrogen-bond donors (Lipinski definition) is 2. The predicted molar refractivity (Wildman–Crippen MR) is 228 cm³/mol. The predicted octanol–water partition coefficient (Wildman–Crippen LogP) is 10.9. The van der Waals surface area contributed by atoms with Crippen LogP contribution in [0.15, 0.2) is 0 Å². The fourth-order valence-corrected chi connectivity index (χ4v) is 7.52. The smallest absolute Gasteiger partial charge is 0.308 e. The average Bonchev–Trinajstić information content (AvgIpc) is 3.17. The van der Waals surface area contributed by atoms with E-state index in [1.807, 2.05) is 0 Å². The third kappa shape index (κ3) is 33.0. The topological polar surface area (TPSA) is 99.5 Å². The monoisotopic (exact) mass is 769 g/mol. The van der Waals surface area contributed by atoms with Crippen molar-refractivity contribution in [1.29, 1.82) is 0 Å². The molecule has 0 bridgehead atoms. The van der Waals surface area contributed by atoms with E-state index in [9.17, 15) is 19.8 Å². The molecule has 0 fully saturated rings. The third-order valence-corrected chi connectivity index (χ3v) is 11.0. The van der Waals surface area contributed by atoms with Crippen LogP contribution in [0.1, 0.15) is 207 Å². The van der Waals surface area contributed by atoms with E-state index in [0.29, 0.717) is 26.3 Å². The van der Waals surface area contributed by atoms with Crippen LogP contribution in [0.25, 0.3) is 0 Å². The van der Waals surface area contributed by atoms with Crippen molar-refractivity contribution >= 4 is 11.9 Å². The van der Waals surface area contributed by atoms with E-state index in [4.69, 9.17) is 9.47 Å². The summed E-state index contributed by atoms with van der Waals surface area (Å²) in [5.41, 5.74) is 0. The number of nitrogens with zero attached hydrogens (tertiary/aromatic N) is 2. The average molecular weight is 769 g/mol. The van der Waals surface area contributed by atoms with Crippen LogP contribution >= 0.6 is 0 Å². The maximum Gasteiger partial charge on any atom is 0.308 e. The normalized spacial score (nSPS) is 12.8. The van der Waals surface area contributed by atoms with Crippen molar-refractivity contribution in [2.75, 3.05) is 65.7 Å². The summed E-state index contributed by atoms with van der Waals surface area (Å²) in [5, 5.41) is 19.4. The van der Waals surface area contributed by atoms with Crippen molar-refractivity contribution in [3.63, 3.8) is 0 Å². The van der Waals surface area contributed by atoms with Gasteiger partial charge in [-0.25, -0.2) is 0 Å². The molecule has 0 saturated heterocycles. The van der Waals surface area contributed by atoms with Crippen LogP contribution in [0.3, 0.4) is 0 Å². The van der Waals surface area contributed by atoms with Crippen LogP contribution < -0.4 is 0 Å². The largest absolute Gasteiger partial charge is 0.465 e. The first-order valence-corrected chi connectivity index (χ1v) is 23.5. The molecule has 54 heavy (non-hydrogen) atoms. The van der Waals surface area contributed by atoms with Crippen molar-refractivity contribution in [1.82, 2.24) is 9.80 Å². The molecule has 0 amide bonds. The van der Waals surface area contributed by atoms with E-state index >= 15 is 0 Å². The van der Waals surface area contributed by atoms with Crippen LogP contribution in [0.2, 0.25) is 0 Å². The minimum atomic E-state index is -0.0112. The van der Waals surface area contributed by atoms with Crippen LogP contribution in [0.4, 0.5) is 0 Å². The quantitative estimate of drug-likeness (QED) is 0.0467. The molecule has 0 aliphatic rings. The zero-order chi connectivity index (χ0) is 39.7. The van der Waals surface area contributed by atoms with Gasteiger partial charge < -0.3 is 29.5 Å². The molecule has 0 aliphatic heterocycles. The van der Waals surface area contributed by atoms with Gasteiger partial charge in [-0.3, -0.25) is 9.59 Å². The molecule has 0 radical (unpaired) electrons. The number of rotatable bonds is 43. The van der Waals surface area contributed by atoms with Gasteiger partial charge in [-0.1, -0.05) is 156 Å². The molecule has 0 aromatic rings. The molecule has 0 aromatic carbocycles. The zero-order valence-electron chi connectivity index (χ0n) is 36.4. The fourth-order valence-electron chi connectivity index (χ4n) is 7.52. The maximum absolute atomic E-state index is 13.0. The summed E-state index contributed by atoms with van der Waals surface area (Å²) in [5.74, 6) is 0.0380. The lowest BCUT2D eigenvalue weighted by atomic mass is 9.94. The van der Waals surface area contributed by atoms with Gasteiger partial charge in [0.25, 0.3) is 0 Å². The molecule has 2 N–H and O–H groups in total. The van der Waals surface area contributed by atoms with Gasteiger partial charge in [0.1, 0.15) is 0 Å². The first-order chi connectivity index (χ1) is 26.5. The van der Waals surface area contributed by atoms with Gasteiger partial charge in [-0.15, -0.1) is 0 Å². The van der Waals surface area contributed by atoms with E-state index < -0.39 is 0 Å². The second-order valence-corrected chi connectivity index (χ2v) is 16.1. The van der Waals surface area contributed by atoms with Gasteiger partial charge in [0, 0.05) is 26.2 Å². The Morgan fingerprint density at radius 3 is 0.981 bits per heavy atom. The molecule has 0 aliphatic carbocycles. The third-order valence-electron chi connectivity index (χ3n) is 11.0. The number of carbonyl (C=O) groups excluding carboxylic acids is 2. The lowest BCUT2D eigenvalue weighted by Crippen LogP contribution is -2.32. The van der Waals surface area contributed by atoms with E-state index in [2.05, 4.69) is 37.5 Å². The van der Waals surface area contributed by atoms with Crippen LogP contribution in [-0.4, -0.2) is 97.6 Å². The SMILES string of the molecule is CCCCCCCCC(CCCCCC)C(=O)OCCCN(CCO)CCCCN(CCO)CCCOC(=O)C(CCCCCC)CCCCCCCC. The van der Waals surface area contributed by atoms with Crippen LogP contribution in [-0.2, 0) is 19.1 Å². The van der Waals surface area contributed by atoms with Crippen LogP contribution in [0, 0.1) is 11.8 Å². The van der Waals surface area contributed by atoms with Crippen molar-refractivity contribution in [3.8, 4) is 0 Å². The maximum atomic E-state index is 13.0. The Morgan fingerprint density at radius 1 is 0.389 bits per heavy atom. The molecule has 8 heteroatoms. The van der Waals surface area contributed by atoms with E-state index in [0.717, 1.165) is 103 Å². The Bertz CT molecular complexity index is 735. The summed E-state index contributed by atoms with van der Waals surface area (Å²) >= 11 is 0. The minimum Gasteiger partial charge on any atom is -0.465 e.